The monoisotopic (exact) mass is 562 g/mol. The summed E-state index contributed by atoms with van der Waals surface area (Å²) >= 11 is 1.36. The average Bonchev–Trinajstić information content (AvgIpc) is 3.04. The molecule has 2 aliphatic heterocycles. The molecule has 1 N–H and O–H groups in total. The summed E-state index contributed by atoms with van der Waals surface area (Å²) < 4.78 is 32.2. The van der Waals surface area contributed by atoms with Crippen LogP contribution in [0.15, 0.2) is 58.4 Å². The Morgan fingerprint density at radius 3 is 2.58 bits per heavy atom. The van der Waals surface area contributed by atoms with E-state index in [2.05, 4.69) is 25.6 Å². The molecule has 0 radical (unpaired) electrons. The number of halogens is 2. The quantitative estimate of drug-likeness (QED) is 0.435. The van der Waals surface area contributed by atoms with E-state index in [0.717, 1.165) is 23.6 Å². The molecule has 10 heteroatoms. The standard InChI is InChI=1S/C30H28F2N4O3S/c1-30(2)12-14-34-21(15-30)36(35-13-11-20(37)27(38)26(35)29(34)39)25-16-7-5-6-8-17(16)28(40-4)24(33-3)22-18(25)9-10-19(31)23(22)32/h5-11,13,21,25,38H,3,12,14-15H2,1-2,4H3/t21-,25-/m1/s1. The summed E-state index contributed by atoms with van der Waals surface area (Å²) in [6, 6.07) is 10.7. The number of thioether (sulfide) groups is 1. The highest BCUT2D eigenvalue weighted by Gasteiger charge is 2.49. The van der Waals surface area contributed by atoms with Crippen molar-refractivity contribution in [3.63, 3.8) is 0 Å². The van der Waals surface area contributed by atoms with Gasteiger partial charge in [0.15, 0.2) is 23.1 Å². The number of rotatable bonds is 3. The molecule has 2 aromatic carbocycles. The molecule has 7 nitrogen and oxygen atoms in total. The zero-order valence-electron chi connectivity index (χ0n) is 22.3. The van der Waals surface area contributed by atoms with Crippen molar-refractivity contribution in [1.29, 1.82) is 0 Å². The van der Waals surface area contributed by atoms with Gasteiger partial charge in [0.2, 0.25) is 5.43 Å². The van der Waals surface area contributed by atoms with Crippen LogP contribution in [0.25, 0.3) is 10.6 Å². The Morgan fingerprint density at radius 1 is 1.10 bits per heavy atom. The number of hydrogen-bond acceptors (Lipinski definition) is 6. The predicted molar refractivity (Wildman–Crippen MR) is 153 cm³/mol. The van der Waals surface area contributed by atoms with E-state index in [1.165, 1.54) is 28.7 Å². The molecule has 1 saturated heterocycles. The van der Waals surface area contributed by atoms with Crippen LogP contribution in [0, 0.1) is 17.0 Å². The lowest BCUT2D eigenvalue weighted by molar-refractivity contribution is 0.0244. The normalized spacial score (nSPS) is 21.3. The fraction of sp³-hybridized carbons (Fsp3) is 0.300. The first-order chi connectivity index (χ1) is 19.1. The van der Waals surface area contributed by atoms with Gasteiger partial charge in [-0.15, -0.1) is 11.8 Å². The van der Waals surface area contributed by atoms with Crippen LogP contribution in [0.4, 0.5) is 8.78 Å². The minimum absolute atomic E-state index is 0.00844. The van der Waals surface area contributed by atoms with E-state index in [9.17, 15) is 19.1 Å². The second-order valence-electron chi connectivity index (χ2n) is 11.1. The molecule has 1 aromatic heterocycles. The third kappa shape index (κ3) is 3.72. The number of hydrogen-bond donors (Lipinski definition) is 1. The molecular formula is C30H28F2N4O3S. The van der Waals surface area contributed by atoms with Crippen LogP contribution >= 0.6 is 11.8 Å². The summed E-state index contributed by atoms with van der Waals surface area (Å²) in [4.78, 5) is 32.8. The van der Waals surface area contributed by atoms with Crippen molar-refractivity contribution in [2.24, 2.45) is 10.4 Å². The summed E-state index contributed by atoms with van der Waals surface area (Å²) in [6.07, 6.45) is 4.09. The topological polar surface area (TPSA) is 78.1 Å². The van der Waals surface area contributed by atoms with E-state index in [1.54, 1.807) is 11.0 Å². The van der Waals surface area contributed by atoms with Crippen LogP contribution in [-0.2, 0) is 0 Å². The number of aromatic hydroxyl groups is 1. The highest BCUT2D eigenvalue weighted by atomic mass is 32.2. The molecule has 2 atom stereocenters. The molecule has 0 bridgehead atoms. The van der Waals surface area contributed by atoms with Crippen LogP contribution in [0.2, 0.25) is 0 Å². The number of aliphatic imine (C=N–C) groups is 1. The van der Waals surface area contributed by atoms with E-state index in [1.807, 2.05) is 35.5 Å². The summed E-state index contributed by atoms with van der Waals surface area (Å²) in [5, 5.41) is 12.8. The van der Waals surface area contributed by atoms with Gasteiger partial charge in [-0.05, 0) is 54.0 Å². The number of piperidine rings is 1. The van der Waals surface area contributed by atoms with E-state index in [0.29, 0.717) is 23.4 Å². The largest absolute Gasteiger partial charge is 0.502 e. The summed E-state index contributed by atoms with van der Waals surface area (Å²) in [7, 11) is 0. The van der Waals surface area contributed by atoms with Crippen molar-refractivity contribution in [2.45, 2.75) is 38.9 Å². The van der Waals surface area contributed by atoms with Crippen molar-refractivity contribution in [3.8, 4) is 5.75 Å². The van der Waals surface area contributed by atoms with E-state index in [4.69, 9.17) is 0 Å². The molecule has 0 spiro atoms. The zero-order chi connectivity index (χ0) is 28.5. The highest BCUT2D eigenvalue weighted by Crippen LogP contribution is 2.50. The van der Waals surface area contributed by atoms with Crippen molar-refractivity contribution >= 4 is 35.0 Å². The number of aromatic nitrogens is 1. The van der Waals surface area contributed by atoms with Crippen LogP contribution in [0.1, 0.15) is 65.5 Å². The van der Waals surface area contributed by atoms with Crippen molar-refractivity contribution in [1.82, 2.24) is 9.58 Å². The average molecular weight is 563 g/mol. The Bertz CT molecular complexity index is 1680. The van der Waals surface area contributed by atoms with Gasteiger partial charge >= 0.3 is 0 Å². The molecule has 3 heterocycles. The molecule has 0 saturated carbocycles. The summed E-state index contributed by atoms with van der Waals surface area (Å²) in [5.74, 6) is -3.15. The van der Waals surface area contributed by atoms with E-state index in [-0.39, 0.29) is 22.4 Å². The van der Waals surface area contributed by atoms with Gasteiger partial charge in [0.25, 0.3) is 5.91 Å². The maximum atomic E-state index is 15.8. The smallest absolute Gasteiger partial charge is 0.278 e. The number of amides is 1. The van der Waals surface area contributed by atoms with Gasteiger partial charge in [0, 0.05) is 29.3 Å². The van der Waals surface area contributed by atoms with Crippen LogP contribution in [0.5, 0.6) is 5.75 Å². The first-order valence-corrected chi connectivity index (χ1v) is 14.2. The Balaban J connectivity index is 1.74. The molecule has 3 aromatic rings. The summed E-state index contributed by atoms with van der Waals surface area (Å²) in [6.45, 7) is 8.37. The predicted octanol–water partition coefficient (Wildman–Crippen LogP) is 5.36. The lowest BCUT2D eigenvalue weighted by atomic mass is 9.79. The molecule has 6 rings (SSSR count). The van der Waals surface area contributed by atoms with Crippen molar-refractivity contribution in [3.05, 3.63) is 98.5 Å². The van der Waals surface area contributed by atoms with Gasteiger partial charge in [0.05, 0.1) is 11.7 Å². The third-order valence-corrected chi connectivity index (χ3v) is 9.02. The lowest BCUT2D eigenvalue weighted by Crippen LogP contribution is -2.65. The van der Waals surface area contributed by atoms with Gasteiger partial charge in [-0.1, -0.05) is 44.2 Å². The Hall–Kier alpha value is -3.92. The molecule has 1 aliphatic carbocycles. The third-order valence-electron chi connectivity index (χ3n) is 8.20. The Kier molecular flexibility index (Phi) is 6.14. The highest BCUT2D eigenvalue weighted by molar-refractivity contribution is 8.07. The maximum absolute atomic E-state index is 15.8. The first-order valence-electron chi connectivity index (χ1n) is 13.0. The number of nitrogens with zero attached hydrogens (tertiary/aromatic N) is 4. The molecule has 1 fully saturated rings. The lowest BCUT2D eigenvalue weighted by Gasteiger charge is -2.54. The van der Waals surface area contributed by atoms with Crippen molar-refractivity contribution in [2.75, 3.05) is 17.8 Å². The van der Waals surface area contributed by atoms with Crippen LogP contribution in [0.3, 0.4) is 0 Å². The SMILES string of the molecule is C=NC1=C(SC)c2ccccc2[C@@H](N2[C@@H]3CC(C)(C)CCN3C(=O)c3c(O)c(=O)ccn32)c2ccc(F)c(F)c21. The molecule has 0 unspecified atom stereocenters. The van der Waals surface area contributed by atoms with Gasteiger partial charge in [-0.25, -0.2) is 8.78 Å². The van der Waals surface area contributed by atoms with E-state index >= 15 is 4.39 Å². The minimum Gasteiger partial charge on any atom is -0.502 e. The number of carbonyl (C=O) groups is 1. The maximum Gasteiger partial charge on any atom is 0.278 e. The molecule has 1 amide bonds. The molecule has 206 valence electrons. The van der Waals surface area contributed by atoms with Crippen LogP contribution < -0.4 is 10.4 Å². The fourth-order valence-corrected chi connectivity index (χ4v) is 7.03. The molecule has 3 aliphatic rings. The zero-order valence-corrected chi connectivity index (χ0v) is 23.1. The molecular weight excluding hydrogens is 534 g/mol. The minimum atomic E-state index is -1.04. The second-order valence-corrected chi connectivity index (χ2v) is 11.9. The Labute approximate surface area is 234 Å². The first kappa shape index (κ1) is 26.3. The number of carbonyl (C=O) groups excluding carboxylic acids is 1. The number of benzene rings is 2. The van der Waals surface area contributed by atoms with Gasteiger partial charge in [-0.3, -0.25) is 24.3 Å². The number of pyridine rings is 1. The Morgan fingerprint density at radius 2 is 1.85 bits per heavy atom. The summed E-state index contributed by atoms with van der Waals surface area (Å²) in [5.41, 5.74) is 1.22. The van der Waals surface area contributed by atoms with Crippen LogP contribution in [-0.4, -0.2) is 46.3 Å². The molecule has 40 heavy (non-hydrogen) atoms. The van der Waals surface area contributed by atoms with Gasteiger partial charge in [-0.2, -0.15) is 0 Å². The fourth-order valence-electron chi connectivity index (χ4n) is 6.26. The second kappa shape index (κ2) is 9.33. The number of fused-ring (bicyclic) bond motifs is 4. The van der Waals surface area contributed by atoms with Gasteiger partial charge in [0.1, 0.15) is 6.17 Å². The van der Waals surface area contributed by atoms with Gasteiger partial charge < -0.3 is 10.0 Å². The van der Waals surface area contributed by atoms with E-state index < -0.39 is 40.9 Å². The van der Waals surface area contributed by atoms with Crippen molar-refractivity contribution < 1.29 is 18.7 Å².